The van der Waals surface area contributed by atoms with Gasteiger partial charge in [-0.25, -0.2) is 0 Å². The van der Waals surface area contributed by atoms with Gasteiger partial charge in [-0.15, -0.1) is 0 Å². The van der Waals surface area contributed by atoms with Crippen molar-refractivity contribution in [2.45, 2.75) is 20.8 Å². The minimum atomic E-state index is -0.437. The van der Waals surface area contributed by atoms with E-state index in [1.54, 1.807) is 6.08 Å². The Morgan fingerprint density at radius 2 is 1.68 bits per heavy atom. The minimum absolute atomic E-state index is 0.237. The van der Waals surface area contributed by atoms with Crippen molar-refractivity contribution in [1.82, 2.24) is 0 Å². The van der Waals surface area contributed by atoms with E-state index in [4.69, 9.17) is 11.5 Å². The number of hydrogen-bond donors (Lipinski definition) is 2. The van der Waals surface area contributed by atoms with E-state index in [9.17, 15) is 4.79 Å². The second-order valence-electron chi connectivity index (χ2n) is 5.97. The monoisotopic (exact) mass is 333 g/mol. The Hall–Kier alpha value is -3.14. The largest absolute Gasteiger partial charge is 0.370 e. The van der Waals surface area contributed by atoms with E-state index in [0.29, 0.717) is 5.57 Å². The van der Waals surface area contributed by atoms with Crippen LogP contribution in [0.4, 0.5) is 0 Å². The summed E-state index contributed by atoms with van der Waals surface area (Å²) in [5.41, 5.74) is 16.5. The average Bonchev–Trinajstić information content (AvgIpc) is 2.56. The Bertz CT molecular complexity index is 854. The second-order valence-corrected chi connectivity index (χ2v) is 5.97. The van der Waals surface area contributed by atoms with Gasteiger partial charge in [-0.05, 0) is 49.1 Å². The lowest BCUT2D eigenvalue weighted by atomic mass is 9.96. The normalized spacial score (nSPS) is 10.5. The number of amides is 1. The van der Waals surface area contributed by atoms with E-state index < -0.39 is 5.91 Å². The maximum absolute atomic E-state index is 12.1. The lowest BCUT2D eigenvalue weighted by Crippen LogP contribution is -2.24. The van der Waals surface area contributed by atoms with Gasteiger partial charge in [0.25, 0.3) is 5.91 Å². The van der Waals surface area contributed by atoms with Crippen LogP contribution in [0.2, 0.25) is 0 Å². The number of rotatable bonds is 4. The van der Waals surface area contributed by atoms with Crippen LogP contribution >= 0.6 is 0 Å². The summed E-state index contributed by atoms with van der Waals surface area (Å²) in [6, 6.07) is 16.3. The van der Waals surface area contributed by atoms with Gasteiger partial charge in [0.15, 0.2) is 5.96 Å². The van der Waals surface area contributed by atoms with E-state index in [1.807, 2.05) is 50.3 Å². The molecule has 0 aliphatic rings. The highest BCUT2D eigenvalue weighted by molar-refractivity contribution is 6.04. The van der Waals surface area contributed by atoms with Gasteiger partial charge in [-0.2, -0.15) is 4.99 Å². The third-order valence-corrected chi connectivity index (χ3v) is 3.89. The molecule has 0 spiro atoms. The molecule has 0 unspecified atom stereocenters. The number of hydrogen-bond acceptors (Lipinski definition) is 1. The SMILES string of the molecule is CC(C)=C(/C=C\c1cccc(-c2ccccc2)c1C)C(=O)N=C(N)N. The Morgan fingerprint density at radius 1 is 1.00 bits per heavy atom. The van der Waals surface area contributed by atoms with Crippen molar-refractivity contribution in [2.75, 3.05) is 0 Å². The molecule has 4 N–H and O–H groups in total. The lowest BCUT2D eigenvalue weighted by Gasteiger charge is -2.09. The Kier molecular flexibility index (Phi) is 5.90. The molecule has 0 heterocycles. The number of guanidine groups is 1. The fourth-order valence-corrected chi connectivity index (χ4v) is 2.57. The summed E-state index contributed by atoms with van der Waals surface area (Å²) in [7, 11) is 0. The van der Waals surface area contributed by atoms with Crippen molar-refractivity contribution in [3.8, 4) is 11.1 Å². The number of benzene rings is 2. The van der Waals surface area contributed by atoms with E-state index >= 15 is 0 Å². The van der Waals surface area contributed by atoms with Gasteiger partial charge in [0, 0.05) is 5.57 Å². The molecule has 0 aliphatic carbocycles. The lowest BCUT2D eigenvalue weighted by molar-refractivity contribution is -0.114. The summed E-state index contributed by atoms with van der Waals surface area (Å²) in [5, 5.41) is 0. The zero-order valence-electron chi connectivity index (χ0n) is 14.8. The number of carbonyl (C=O) groups excluding carboxylic acids is 1. The maximum Gasteiger partial charge on any atom is 0.280 e. The molecule has 0 bridgehead atoms. The highest BCUT2D eigenvalue weighted by Crippen LogP contribution is 2.26. The first-order valence-corrected chi connectivity index (χ1v) is 8.04. The predicted molar refractivity (Wildman–Crippen MR) is 105 cm³/mol. The fourth-order valence-electron chi connectivity index (χ4n) is 2.57. The van der Waals surface area contributed by atoms with E-state index in [0.717, 1.165) is 27.8 Å². The van der Waals surface area contributed by atoms with Crippen LogP contribution in [0.15, 0.2) is 70.7 Å². The zero-order valence-corrected chi connectivity index (χ0v) is 14.8. The first-order valence-electron chi connectivity index (χ1n) is 8.04. The van der Waals surface area contributed by atoms with Crippen LogP contribution in [0, 0.1) is 6.92 Å². The summed E-state index contributed by atoms with van der Waals surface area (Å²) < 4.78 is 0. The highest BCUT2D eigenvalue weighted by atomic mass is 16.1. The molecular weight excluding hydrogens is 310 g/mol. The van der Waals surface area contributed by atoms with Gasteiger partial charge in [-0.1, -0.05) is 60.2 Å². The maximum atomic E-state index is 12.1. The summed E-state index contributed by atoms with van der Waals surface area (Å²) >= 11 is 0. The standard InChI is InChI=1S/C21H23N3O/c1-14(2)18(20(25)24-21(22)23)13-12-16-10-7-11-19(15(16)3)17-8-5-4-6-9-17/h4-13H,1-3H3,(H4,22,23,24,25)/b13-12-. The van der Waals surface area contributed by atoms with Crippen LogP contribution in [0.5, 0.6) is 0 Å². The number of nitrogens with zero attached hydrogens (tertiary/aromatic N) is 1. The molecular formula is C21H23N3O. The summed E-state index contributed by atoms with van der Waals surface area (Å²) in [6.07, 6.45) is 3.69. The van der Waals surface area contributed by atoms with Crippen LogP contribution in [-0.2, 0) is 4.79 Å². The molecule has 4 heteroatoms. The number of carbonyl (C=O) groups is 1. The van der Waals surface area contributed by atoms with Crippen LogP contribution in [0.25, 0.3) is 17.2 Å². The number of allylic oxidation sites excluding steroid dienone is 1. The van der Waals surface area contributed by atoms with Crippen LogP contribution in [-0.4, -0.2) is 11.9 Å². The number of aliphatic imine (C=N–C) groups is 1. The van der Waals surface area contributed by atoms with Crippen molar-refractivity contribution in [2.24, 2.45) is 16.5 Å². The zero-order chi connectivity index (χ0) is 18.4. The smallest absolute Gasteiger partial charge is 0.280 e. The molecule has 2 aromatic carbocycles. The van der Waals surface area contributed by atoms with Gasteiger partial charge in [-0.3, -0.25) is 4.79 Å². The molecule has 2 rings (SSSR count). The third kappa shape index (κ3) is 4.67. The van der Waals surface area contributed by atoms with Crippen molar-refractivity contribution in [3.05, 3.63) is 76.9 Å². The Balaban J connectivity index is 2.40. The van der Waals surface area contributed by atoms with Crippen LogP contribution in [0.3, 0.4) is 0 Å². The van der Waals surface area contributed by atoms with E-state index in [-0.39, 0.29) is 5.96 Å². The molecule has 0 atom stereocenters. The molecule has 0 radical (unpaired) electrons. The summed E-state index contributed by atoms with van der Waals surface area (Å²) in [5.74, 6) is -0.674. The molecule has 0 saturated heterocycles. The van der Waals surface area contributed by atoms with Gasteiger partial charge in [0.05, 0.1) is 0 Å². The van der Waals surface area contributed by atoms with Crippen molar-refractivity contribution < 1.29 is 4.79 Å². The Labute approximate surface area is 148 Å². The van der Waals surface area contributed by atoms with Gasteiger partial charge < -0.3 is 11.5 Å². The van der Waals surface area contributed by atoms with E-state index in [2.05, 4.69) is 30.1 Å². The Morgan fingerprint density at radius 3 is 2.28 bits per heavy atom. The molecule has 1 amide bonds. The van der Waals surface area contributed by atoms with Crippen molar-refractivity contribution in [3.63, 3.8) is 0 Å². The quantitative estimate of drug-likeness (QED) is 0.386. The molecule has 2 aromatic rings. The van der Waals surface area contributed by atoms with Crippen LogP contribution in [0.1, 0.15) is 25.0 Å². The average molecular weight is 333 g/mol. The topological polar surface area (TPSA) is 81.5 Å². The van der Waals surface area contributed by atoms with Crippen LogP contribution < -0.4 is 11.5 Å². The molecule has 0 fully saturated rings. The molecule has 0 aromatic heterocycles. The molecule has 0 saturated carbocycles. The van der Waals surface area contributed by atoms with E-state index in [1.165, 1.54) is 0 Å². The molecule has 0 aliphatic heterocycles. The number of nitrogens with two attached hydrogens (primary N) is 2. The van der Waals surface area contributed by atoms with Gasteiger partial charge in [0.2, 0.25) is 0 Å². The third-order valence-electron chi connectivity index (χ3n) is 3.89. The second kappa shape index (κ2) is 8.11. The van der Waals surface area contributed by atoms with Gasteiger partial charge >= 0.3 is 0 Å². The van der Waals surface area contributed by atoms with Crippen molar-refractivity contribution >= 4 is 17.9 Å². The molecule has 128 valence electrons. The van der Waals surface area contributed by atoms with Crippen molar-refractivity contribution in [1.29, 1.82) is 0 Å². The highest BCUT2D eigenvalue weighted by Gasteiger charge is 2.08. The molecule has 25 heavy (non-hydrogen) atoms. The summed E-state index contributed by atoms with van der Waals surface area (Å²) in [4.78, 5) is 15.8. The first kappa shape index (κ1) is 18.2. The first-order chi connectivity index (χ1) is 11.9. The predicted octanol–water partition coefficient (Wildman–Crippen LogP) is 3.81. The minimum Gasteiger partial charge on any atom is -0.370 e. The summed E-state index contributed by atoms with van der Waals surface area (Å²) in [6.45, 7) is 5.78. The van der Waals surface area contributed by atoms with Gasteiger partial charge in [0.1, 0.15) is 0 Å². The molecule has 4 nitrogen and oxygen atoms in total. The fraction of sp³-hybridized carbons (Fsp3) is 0.143.